The summed E-state index contributed by atoms with van der Waals surface area (Å²) in [6, 6.07) is 4.85. The first-order valence-electron chi connectivity index (χ1n) is 6.19. The van der Waals surface area contributed by atoms with Crippen LogP contribution in [0.25, 0.3) is 0 Å². The minimum Gasteiger partial charge on any atom is -0.467 e. The van der Waals surface area contributed by atoms with Crippen LogP contribution >= 0.6 is 38.5 Å². The zero-order valence-electron chi connectivity index (χ0n) is 11.6. The number of ether oxygens (including phenoxy) is 1. The van der Waals surface area contributed by atoms with E-state index in [0.29, 0.717) is 16.5 Å². The number of carbonyl (C=O) groups is 2. The fourth-order valence-corrected chi connectivity index (χ4v) is 2.65. The van der Waals surface area contributed by atoms with Gasteiger partial charge in [0.1, 0.15) is 6.04 Å². The van der Waals surface area contributed by atoms with Gasteiger partial charge in [-0.3, -0.25) is 4.79 Å². The molecule has 1 aromatic carbocycles. The van der Waals surface area contributed by atoms with Gasteiger partial charge in [-0.05, 0) is 69.1 Å². The minimum atomic E-state index is -0.628. The van der Waals surface area contributed by atoms with Crippen molar-refractivity contribution in [1.29, 1.82) is 0 Å². The third-order valence-electron chi connectivity index (χ3n) is 2.67. The Kier molecular flexibility index (Phi) is 6.94. The summed E-state index contributed by atoms with van der Waals surface area (Å²) in [5.41, 5.74) is 0.509. The standard InChI is InChI=1S/C14H17BrINO3/c1-8(2)6-12(14(19)20-3)17-13(18)10-7-9(16)4-5-11(10)15/h4-5,7-8,12H,6H2,1-3H3,(H,17,18). The Morgan fingerprint density at radius 3 is 2.60 bits per heavy atom. The van der Waals surface area contributed by atoms with Crippen molar-refractivity contribution >= 4 is 50.4 Å². The van der Waals surface area contributed by atoms with Crippen LogP contribution in [0.2, 0.25) is 0 Å². The van der Waals surface area contributed by atoms with Crippen LogP contribution in [-0.2, 0) is 9.53 Å². The first kappa shape index (κ1) is 17.4. The van der Waals surface area contributed by atoms with Crippen molar-refractivity contribution in [2.75, 3.05) is 7.11 Å². The van der Waals surface area contributed by atoms with Crippen molar-refractivity contribution in [1.82, 2.24) is 5.32 Å². The summed E-state index contributed by atoms with van der Waals surface area (Å²) in [6.07, 6.45) is 0.542. The van der Waals surface area contributed by atoms with Gasteiger partial charge in [0.2, 0.25) is 0 Å². The van der Waals surface area contributed by atoms with Gasteiger partial charge < -0.3 is 10.1 Å². The summed E-state index contributed by atoms with van der Waals surface area (Å²) in [4.78, 5) is 24.0. The quantitative estimate of drug-likeness (QED) is 0.549. The van der Waals surface area contributed by atoms with Crippen LogP contribution in [0.5, 0.6) is 0 Å². The van der Waals surface area contributed by atoms with Crippen molar-refractivity contribution in [2.45, 2.75) is 26.3 Å². The lowest BCUT2D eigenvalue weighted by Gasteiger charge is -2.18. The average Bonchev–Trinajstić information content (AvgIpc) is 2.39. The van der Waals surface area contributed by atoms with Gasteiger partial charge in [0, 0.05) is 8.04 Å². The molecule has 0 heterocycles. The van der Waals surface area contributed by atoms with Crippen molar-refractivity contribution < 1.29 is 14.3 Å². The van der Waals surface area contributed by atoms with E-state index in [9.17, 15) is 9.59 Å². The molecule has 1 amide bonds. The molecule has 0 aromatic heterocycles. The predicted molar refractivity (Wildman–Crippen MR) is 89.6 cm³/mol. The second kappa shape index (κ2) is 7.97. The third-order valence-corrected chi connectivity index (χ3v) is 4.03. The average molecular weight is 454 g/mol. The van der Waals surface area contributed by atoms with E-state index in [1.54, 1.807) is 6.07 Å². The zero-order chi connectivity index (χ0) is 15.3. The Morgan fingerprint density at radius 1 is 1.40 bits per heavy atom. The molecule has 0 bridgehead atoms. The number of benzene rings is 1. The molecular formula is C14H17BrINO3. The Labute approximate surface area is 140 Å². The van der Waals surface area contributed by atoms with Crippen LogP contribution in [0.1, 0.15) is 30.6 Å². The summed E-state index contributed by atoms with van der Waals surface area (Å²) in [6.45, 7) is 3.98. The van der Waals surface area contributed by atoms with E-state index in [4.69, 9.17) is 4.74 Å². The van der Waals surface area contributed by atoms with Crippen LogP contribution in [0, 0.1) is 9.49 Å². The summed E-state index contributed by atoms with van der Waals surface area (Å²) in [5, 5.41) is 2.74. The van der Waals surface area contributed by atoms with Crippen LogP contribution in [0.3, 0.4) is 0 Å². The monoisotopic (exact) mass is 453 g/mol. The fraction of sp³-hybridized carbons (Fsp3) is 0.429. The largest absolute Gasteiger partial charge is 0.467 e. The Hall–Kier alpha value is -0.630. The highest BCUT2D eigenvalue weighted by molar-refractivity contribution is 14.1. The number of carbonyl (C=O) groups excluding carboxylic acids is 2. The van der Waals surface area contributed by atoms with Gasteiger partial charge in [-0.2, -0.15) is 0 Å². The normalized spacial score (nSPS) is 12.1. The molecule has 0 spiro atoms. The number of methoxy groups -OCH3 is 1. The second-order valence-electron chi connectivity index (χ2n) is 4.80. The van der Waals surface area contributed by atoms with E-state index in [0.717, 1.165) is 3.57 Å². The molecule has 110 valence electrons. The molecule has 1 atom stereocenters. The van der Waals surface area contributed by atoms with Gasteiger partial charge in [-0.1, -0.05) is 13.8 Å². The highest BCUT2D eigenvalue weighted by Crippen LogP contribution is 2.20. The lowest BCUT2D eigenvalue weighted by atomic mass is 10.0. The maximum atomic E-state index is 12.3. The molecule has 0 fully saturated rings. The van der Waals surface area contributed by atoms with Gasteiger partial charge in [-0.15, -0.1) is 0 Å². The maximum Gasteiger partial charge on any atom is 0.328 e. The van der Waals surface area contributed by atoms with Gasteiger partial charge in [0.05, 0.1) is 12.7 Å². The smallest absolute Gasteiger partial charge is 0.328 e. The zero-order valence-corrected chi connectivity index (χ0v) is 15.3. The third kappa shape index (κ3) is 5.05. The van der Waals surface area contributed by atoms with Crippen molar-refractivity contribution in [3.05, 3.63) is 31.8 Å². The maximum absolute atomic E-state index is 12.3. The van der Waals surface area contributed by atoms with E-state index in [1.165, 1.54) is 7.11 Å². The molecule has 4 nitrogen and oxygen atoms in total. The molecule has 0 aliphatic rings. The van der Waals surface area contributed by atoms with Crippen LogP contribution in [0.15, 0.2) is 22.7 Å². The van der Waals surface area contributed by atoms with Crippen molar-refractivity contribution in [3.8, 4) is 0 Å². The van der Waals surface area contributed by atoms with Gasteiger partial charge in [0.15, 0.2) is 0 Å². The SMILES string of the molecule is COC(=O)C(CC(C)C)NC(=O)c1cc(I)ccc1Br. The second-order valence-corrected chi connectivity index (χ2v) is 6.90. The first-order valence-corrected chi connectivity index (χ1v) is 8.06. The molecule has 0 radical (unpaired) electrons. The molecule has 1 rings (SSSR count). The molecule has 1 aromatic rings. The number of rotatable bonds is 5. The number of hydrogen-bond acceptors (Lipinski definition) is 3. The number of amides is 1. The number of hydrogen-bond donors (Lipinski definition) is 1. The first-order chi connectivity index (χ1) is 9.35. The fourth-order valence-electron chi connectivity index (χ4n) is 1.74. The molecular weight excluding hydrogens is 437 g/mol. The van der Waals surface area contributed by atoms with Crippen molar-refractivity contribution in [3.63, 3.8) is 0 Å². The number of nitrogens with one attached hydrogen (secondary N) is 1. The summed E-state index contributed by atoms with van der Waals surface area (Å²) in [5.74, 6) is -0.431. The molecule has 0 saturated carbocycles. The van der Waals surface area contributed by atoms with E-state index in [-0.39, 0.29) is 11.8 Å². The highest BCUT2D eigenvalue weighted by Gasteiger charge is 2.24. The lowest BCUT2D eigenvalue weighted by molar-refractivity contribution is -0.143. The highest BCUT2D eigenvalue weighted by atomic mass is 127. The van der Waals surface area contributed by atoms with Crippen LogP contribution in [0.4, 0.5) is 0 Å². The summed E-state index contributed by atoms with van der Waals surface area (Å²) >= 11 is 5.48. The summed E-state index contributed by atoms with van der Waals surface area (Å²) < 4.78 is 6.39. The summed E-state index contributed by atoms with van der Waals surface area (Å²) in [7, 11) is 1.32. The molecule has 1 N–H and O–H groups in total. The van der Waals surface area contributed by atoms with Crippen LogP contribution in [-0.4, -0.2) is 25.0 Å². The lowest BCUT2D eigenvalue weighted by Crippen LogP contribution is -2.42. The van der Waals surface area contributed by atoms with E-state index in [2.05, 4.69) is 43.8 Å². The van der Waals surface area contributed by atoms with Gasteiger partial charge in [-0.25, -0.2) is 4.79 Å². The molecule has 20 heavy (non-hydrogen) atoms. The van der Waals surface area contributed by atoms with Crippen LogP contribution < -0.4 is 5.32 Å². The van der Waals surface area contributed by atoms with E-state index < -0.39 is 12.0 Å². The minimum absolute atomic E-state index is 0.277. The van der Waals surface area contributed by atoms with E-state index in [1.807, 2.05) is 26.0 Å². The Balaban J connectivity index is 2.90. The van der Waals surface area contributed by atoms with Crippen molar-refractivity contribution in [2.24, 2.45) is 5.92 Å². The topological polar surface area (TPSA) is 55.4 Å². The van der Waals surface area contributed by atoms with Gasteiger partial charge in [0.25, 0.3) is 5.91 Å². The number of esters is 1. The molecule has 1 unspecified atom stereocenters. The predicted octanol–water partition coefficient (Wildman–Crippen LogP) is 3.37. The molecule has 6 heteroatoms. The van der Waals surface area contributed by atoms with Gasteiger partial charge >= 0.3 is 5.97 Å². The Bertz CT molecular complexity index is 505. The molecule has 0 saturated heterocycles. The molecule has 0 aliphatic heterocycles. The Morgan fingerprint density at radius 2 is 2.05 bits per heavy atom. The van der Waals surface area contributed by atoms with E-state index >= 15 is 0 Å². The number of halogens is 2. The molecule has 0 aliphatic carbocycles.